The average molecular weight is 1370 g/mol. The zero-order valence-electron chi connectivity index (χ0n) is 58.1. The van der Waals surface area contributed by atoms with Crippen molar-refractivity contribution in [1.82, 2.24) is 0 Å². The number of rotatable bonds is 33. The summed E-state index contributed by atoms with van der Waals surface area (Å²) in [7, 11) is 0. The van der Waals surface area contributed by atoms with E-state index in [0.29, 0.717) is 38.5 Å². The summed E-state index contributed by atoms with van der Waals surface area (Å²) in [6.07, 6.45) is -12.1. The summed E-state index contributed by atoms with van der Waals surface area (Å²) in [5.41, 5.74) is 0. The lowest BCUT2D eigenvalue weighted by molar-refractivity contribution is -0.400. The highest BCUT2D eigenvalue weighted by Gasteiger charge is 2.59. The van der Waals surface area contributed by atoms with E-state index in [9.17, 15) is 60.3 Å². The fourth-order valence-electron chi connectivity index (χ4n) is 13.7. The first-order valence-corrected chi connectivity index (χ1v) is 36.9. The van der Waals surface area contributed by atoms with E-state index in [1.54, 1.807) is 13.8 Å². The second kappa shape index (κ2) is 43.5. The van der Waals surface area contributed by atoms with Gasteiger partial charge in [-0.25, -0.2) is 0 Å². The van der Waals surface area contributed by atoms with Crippen LogP contribution in [0.3, 0.4) is 0 Å². The van der Waals surface area contributed by atoms with E-state index in [4.69, 9.17) is 61.6 Å². The Balaban J connectivity index is 1.32. The molecule has 0 aromatic heterocycles. The Morgan fingerprint density at radius 1 is 0.400 bits per heavy atom. The van der Waals surface area contributed by atoms with Gasteiger partial charge in [0.05, 0.1) is 37.1 Å². The maximum Gasteiger partial charge on any atom is 0.306 e. The molecule has 0 spiro atoms. The maximum atomic E-state index is 14.5. The lowest BCUT2D eigenvalue weighted by Crippen LogP contribution is -2.68. The number of esters is 3. The summed E-state index contributed by atoms with van der Waals surface area (Å²) in [5.74, 6) is -2.06. The van der Waals surface area contributed by atoms with Crippen molar-refractivity contribution < 1.29 is 122 Å². The fourth-order valence-corrected chi connectivity index (χ4v) is 13.7. The first-order valence-electron chi connectivity index (χ1n) is 36.9. The van der Waals surface area contributed by atoms with Gasteiger partial charge in [-0.2, -0.15) is 0 Å². The number of ether oxygens (including phenoxy) is 13. The monoisotopic (exact) mass is 1360 g/mol. The number of hydrogen-bond acceptors (Lipinski definition) is 25. The molecule has 0 saturated carbocycles. The highest BCUT2D eigenvalue weighted by molar-refractivity contribution is 5.70. The molecule has 6 aliphatic rings. The number of unbranched alkanes of at least 4 members (excludes halogenated alkanes) is 18. The second-order valence-electron chi connectivity index (χ2n) is 27.7. The Morgan fingerprint density at radius 3 is 1.47 bits per heavy atom. The van der Waals surface area contributed by atoms with Crippen LogP contribution in [0.2, 0.25) is 0 Å². The molecule has 25 nitrogen and oxygen atoms in total. The van der Waals surface area contributed by atoms with Crippen LogP contribution in [0.25, 0.3) is 0 Å². The zero-order chi connectivity index (χ0) is 69.0. The Hall–Kier alpha value is -2.35. The Bertz CT molecular complexity index is 2110. The van der Waals surface area contributed by atoms with Crippen molar-refractivity contribution in [2.75, 3.05) is 6.61 Å². The van der Waals surface area contributed by atoms with Crippen molar-refractivity contribution in [1.29, 1.82) is 0 Å². The van der Waals surface area contributed by atoms with Gasteiger partial charge >= 0.3 is 17.9 Å². The molecule has 0 aromatic rings. The standard InChI is InChI=1S/C70H124O25/c1-8-11-14-16-18-20-24-28-33-38-48(72)89-59-43(5)84-66(57(81)55(59)79)92-61-45(7)86-70(65(91-50(74)40-35-29-25-21-19-17-15-12-9-2)64(61)95-67-56(80)53(77)52(76)47(41-71)88-67)93-60-44(6)85-68-58(82)62(60)90-49(73)39-34-30-26-22-23-27-32-37-46(36-31-13-10-3)87-69-63(94-68)54(78)51(75)42(4)83-69/h42-47,51-71,75-82H,8-41H2,1-7H3. The van der Waals surface area contributed by atoms with Gasteiger partial charge in [0.2, 0.25) is 0 Å². The highest BCUT2D eigenvalue weighted by atomic mass is 16.8. The Labute approximate surface area is 564 Å². The SMILES string of the molecule is CCCCCCCCCCCC(=O)OC1C(C)OC(OC2C(C)OC(OC3C(C)OC4OC5C(OC(CCCCC)CCCCCCCCCC(=O)OC3C4O)OC(C)C(O)C5O)C(OC(=O)CCCCCCCCCCC)C2OC2OC(CO)C(O)C(O)C2O)C(O)C1O. The van der Waals surface area contributed by atoms with Crippen LogP contribution in [0.1, 0.15) is 260 Å². The van der Waals surface area contributed by atoms with Crippen LogP contribution in [-0.2, 0) is 76.0 Å². The quantitative estimate of drug-likeness (QED) is 0.0178. The van der Waals surface area contributed by atoms with Crippen LogP contribution in [0.5, 0.6) is 0 Å². The summed E-state index contributed by atoms with van der Waals surface area (Å²) in [4.78, 5) is 41.8. The molecule has 6 fully saturated rings. The van der Waals surface area contributed by atoms with Crippen LogP contribution >= 0.6 is 0 Å². The molecule has 2 bridgehead atoms. The van der Waals surface area contributed by atoms with E-state index >= 15 is 0 Å². The molecule has 25 heteroatoms. The van der Waals surface area contributed by atoms with Crippen LogP contribution in [0.4, 0.5) is 0 Å². The van der Waals surface area contributed by atoms with Crippen LogP contribution in [0.15, 0.2) is 0 Å². The topological polar surface area (TPSA) is 353 Å². The summed E-state index contributed by atoms with van der Waals surface area (Å²) in [6, 6.07) is 0. The van der Waals surface area contributed by atoms with Crippen molar-refractivity contribution in [2.45, 2.75) is 420 Å². The molecular weight excluding hydrogens is 1240 g/mol. The van der Waals surface area contributed by atoms with Crippen molar-refractivity contribution in [3.63, 3.8) is 0 Å². The molecular formula is C70H124O25. The van der Waals surface area contributed by atoms with Gasteiger partial charge in [0, 0.05) is 19.3 Å². The van der Waals surface area contributed by atoms with Crippen molar-refractivity contribution in [3.8, 4) is 0 Å². The number of aliphatic hydroxyl groups is 9. The van der Waals surface area contributed by atoms with Crippen LogP contribution in [0, 0.1) is 0 Å². The van der Waals surface area contributed by atoms with Gasteiger partial charge < -0.3 is 108 Å². The number of carbonyl (C=O) groups is 3. The van der Waals surface area contributed by atoms with E-state index < -0.39 is 178 Å². The Morgan fingerprint density at radius 2 is 0.874 bits per heavy atom. The molecule has 6 aliphatic heterocycles. The van der Waals surface area contributed by atoms with Gasteiger partial charge in [-0.1, -0.05) is 181 Å². The first-order chi connectivity index (χ1) is 45.7. The molecule has 95 heavy (non-hydrogen) atoms. The molecule has 0 aliphatic carbocycles. The molecule has 6 rings (SSSR count). The van der Waals surface area contributed by atoms with E-state index in [2.05, 4.69) is 20.8 Å². The average Bonchev–Trinajstić information content (AvgIpc) is 0.781. The van der Waals surface area contributed by atoms with Gasteiger partial charge in [-0.15, -0.1) is 0 Å². The van der Waals surface area contributed by atoms with Crippen LogP contribution in [-0.4, -0.2) is 230 Å². The number of aliphatic hydroxyl groups excluding tert-OH is 9. The maximum absolute atomic E-state index is 14.5. The Kier molecular flexibility index (Phi) is 37.3. The van der Waals surface area contributed by atoms with Crippen molar-refractivity contribution in [2.24, 2.45) is 0 Å². The van der Waals surface area contributed by atoms with E-state index in [0.717, 1.165) is 128 Å². The number of fused-ring (bicyclic) bond motifs is 3. The summed E-state index contributed by atoms with van der Waals surface area (Å²) in [6.45, 7) is 11.8. The number of hydrogen-bond donors (Lipinski definition) is 9. The predicted molar refractivity (Wildman–Crippen MR) is 345 cm³/mol. The zero-order valence-corrected chi connectivity index (χ0v) is 58.1. The van der Waals surface area contributed by atoms with Crippen LogP contribution < -0.4 is 0 Å². The molecule has 26 unspecified atom stereocenters. The predicted octanol–water partition coefficient (Wildman–Crippen LogP) is 7.18. The lowest BCUT2D eigenvalue weighted by Gasteiger charge is -2.51. The third-order valence-electron chi connectivity index (χ3n) is 19.7. The minimum atomic E-state index is -2.02. The third-order valence-corrected chi connectivity index (χ3v) is 19.7. The smallest absolute Gasteiger partial charge is 0.306 e. The summed E-state index contributed by atoms with van der Waals surface area (Å²) in [5, 5.41) is 103. The van der Waals surface area contributed by atoms with Gasteiger partial charge in [0.1, 0.15) is 79.4 Å². The molecule has 6 heterocycles. The lowest BCUT2D eigenvalue weighted by atomic mass is 9.95. The minimum absolute atomic E-state index is 0.0413. The van der Waals surface area contributed by atoms with E-state index in [1.165, 1.54) is 39.5 Å². The normalized spacial score (nSPS) is 38.8. The molecule has 0 amide bonds. The van der Waals surface area contributed by atoms with Gasteiger partial charge in [-0.3, -0.25) is 14.4 Å². The molecule has 0 aromatic carbocycles. The van der Waals surface area contributed by atoms with E-state index in [1.807, 2.05) is 0 Å². The fraction of sp³-hybridized carbons (Fsp3) is 0.957. The molecule has 0 radical (unpaired) electrons. The third kappa shape index (κ3) is 25.3. The van der Waals surface area contributed by atoms with Crippen molar-refractivity contribution in [3.05, 3.63) is 0 Å². The highest BCUT2D eigenvalue weighted by Crippen LogP contribution is 2.40. The molecule has 26 atom stereocenters. The van der Waals surface area contributed by atoms with Gasteiger partial charge in [0.15, 0.2) is 49.8 Å². The van der Waals surface area contributed by atoms with Crippen molar-refractivity contribution >= 4 is 17.9 Å². The summed E-state index contributed by atoms with van der Waals surface area (Å²) < 4.78 is 82.8. The van der Waals surface area contributed by atoms with Gasteiger partial charge in [-0.05, 0) is 59.8 Å². The minimum Gasteiger partial charge on any atom is -0.457 e. The molecule has 9 N–H and O–H groups in total. The summed E-state index contributed by atoms with van der Waals surface area (Å²) >= 11 is 0. The molecule has 554 valence electrons. The molecule has 6 saturated heterocycles. The van der Waals surface area contributed by atoms with Gasteiger partial charge in [0.25, 0.3) is 0 Å². The first kappa shape index (κ1) is 81.6. The van der Waals surface area contributed by atoms with E-state index in [-0.39, 0.29) is 25.4 Å². The second-order valence-corrected chi connectivity index (χ2v) is 27.7. The number of carbonyl (C=O) groups excluding carboxylic acids is 3. The largest absolute Gasteiger partial charge is 0.457 e.